The van der Waals surface area contributed by atoms with Crippen molar-refractivity contribution in [2.75, 3.05) is 26.7 Å². The number of unbranched alkanes of at least 4 members (excludes halogenated alkanes) is 1. The van der Waals surface area contributed by atoms with Gasteiger partial charge in [0.05, 0.1) is 6.10 Å². The van der Waals surface area contributed by atoms with Gasteiger partial charge in [0.2, 0.25) is 0 Å². The molecule has 8 nitrogen and oxygen atoms in total. The van der Waals surface area contributed by atoms with E-state index < -0.39 is 18.6 Å². The Morgan fingerprint density at radius 2 is 1.80 bits per heavy atom. The second-order valence-corrected chi connectivity index (χ2v) is 6.21. The first kappa shape index (κ1) is 29.6. The van der Waals surface area contributed by atoms with Crippen LogP contribution in [-0.2, 0) is 9.53 Å². The molecule has 1 unspecified atom stereocenters. The van der Waals surface area contributed by atoms with Gasteiger partial charge in [0.25, 0.3) is 0 Å². The largest absolute Gasteiger partial charge is 0.480 e. The highest BCUT2D eigenvalue weighted by molar-refractivity contribution is 6.40. The third-order valence-corrected chi connectivity index (χ3v) is 4.50. The summed E-state index contributed by atoms with van der Waals surface area (Å²) < 4.78 is 5.32. The number of ether oxygens (including phenoxy) is 1. The Balaban J connectivity index is -0.00000161. The molecule has 0 saturated carbocycles. The molecule has 0 radical (unpaired) electrons. The maximum Gasteiger partial charge on any atom is 0.451 e. The highest BCUT2D eigenvalue weighted by Gasteiger charge is 2.34. The number of nitrogens with zero attached hydrogens (tertiary/aromatic N) is 1. The fraction of sp³-hybridized carbons (Fsp3) is 0.929. The van der Waals surface area contributed by atoms with Crippen molar-refractivity contribution < 1.29 is 30.2 Å². The molecule has 0 bridgehead atoms. The van der Waals surface area contributed by atoms with E-state index in [1.54, 1.807) is 7.11 Å². The summed E-state index contributed by atoms with van der Waals surface area (Å²) in [5, 5.41) is 27.0. The fourth-order valence-corrected chi connectivity index (χ4v) is 2.83. The van der Waals surface area contributed by atoms with E-state index in [0.717, 1.165) is 25.9 Å². The number of rotatable bonds is 10. The topological polar surface area (TPSA) is 148 Å². The molecule has 7 N–H and O–H groups in total. The number of likely N-dealkylation sites (tertiary alicyclic amines) is 1. The zero-order chi connectivity index (χ0) is 16.6. The zero-order valence-corrected chi connectivity index (χ0v) is 16.4. The summed E-state index contributed by atoms with van der Waals surface area (Å²) in [4.78, 5) is 13.7. The van der Waals surface area contributed by atoms with E-state index >= 15 is 0 Å². The zero-order valence-electron chi connectivity index (χ0n) is 14.7. The maximum absolute atomic E-state index is 11.5. The van der Waals surface area contributed by atoms with Crippen LogP contribution in [0.4, 0.5) is 0 Å². The van der Waals surface area contributed by atoms with Crippen LogP contribution in [0.3, 0.4) is 0 Å². The van der Waals surface area contributed by atoms with Crippen molar-refractivity contribution in [2.45, 2.75) is 56.5 Å². The summed E-state index contributed by atoms with van der Waals surface area (Å²) in [6.45, 7) is 2.48. The molecule has 0 aromatic heterocycles. The van der Waals surface area contributed by atoms with Crippen LogP contribution in [0, 0.1) is 0 Å². The van der Waals surface area contributed by atoms with E-state index in [2.05, 4.69) is 4.90 Å². The van der Waals surface area contributed by atoms with E-state index in [4.69, 9.17) is 20.5 Å². The van der Waals surface area contributed by atoms with Gasteiger partial charge in [-0.2, -0.15) is 0 Å². The van der Waals surface area contributed by atoms with E-state index in [0.29, 0.717) is 38.3 Å². The first-order valence-electron chi connectivity index (χ1n) is 8.01. The van der Waals surface area contributed by atoms with Gasteiger partial charge in [-0.1, -0.05) is 12.8 Å². The van der Waals surface area contributed by atoms with Gasteiger partial charge in [-0.05, 0) is 32.0 Å². The molecular formula is C14H33BCl2N2O6. The number of carboxylic acid groups (broad SMARTS) is 1. The molecule has 0 aromatic rings. The minimum absolute atomic E-state index is 0. The smallest absolute Gasteiger partial charge is 0.451 e. The van der Waals surface area contributed by atoms with Gasteiger partial charge >= 0.3 is 13.1 Å². The molecule has 1 aliphatic heterocycles. The predicted molar refractivity (Wildman–Crippen MR) is 103 cm³/mol. The summed E-state index contributed by atoms with van der Waals surface area (Å²) in [6.07, 6.45) is 4.38. The van der Waals surface area contributed by atoms with E-state index in [1.165, 1.54) is 0 Å². The lowest BCUT2D eigenvalue weighted by Crippen LogP contribution is -2.51. The molecule has 1 aliphatic rings. The van der Waals surface area contributed by atoms with Gasteiger partial charge in [0, 0.05) is 26.7 Å². The Morgan fingerprint density at radius 1 is 1.24 bits per heavy atom. The highest BCUT2D eigenvalue weighted by Crippen LogP contribution is 2.20. The van der Waals surface area contributed by atoms with E-state index in [1.807, 2.05) is 0 Å². The van der Waals surface area contributed by atoms with Gasteiger partial charge in [-0.25, -0.2) is 0 Å². The van der Waals surface area contributed by atoms with Crippen molar-refractivity contribution in [1.29, 1.82) is 0 Å². The van der Waals surface area contributed by atoms with Crippen molar-refractivity contribution >= 4 is 37.9 Å². The first-order valence-corrected chi connectivity index (χ1v) is 8.01. The third kappa shape index (κ3) is 11.2. The number of hydrogen-bond donors (Lipinski definition) is 4. The van der Waals surface area contributed by atoms with Gasteiger partial charge in [-0.3, -0.25) is 4.79 Å². The van der Waals surface area contributed by atoms with Crippen LogP contribution < -0.4 is 5.73 Å². The monoisotopic (exact) mass is 406 g/mol. The van der Waals surface area contributed by atoms with Crippen LogP contribution in [0.15, 0.2) is 0 Å². The Labute approximate surface area is 162 Å². The number of aliphatic carboxylic acids is 1. The molecule has 0 aliphatic carbocycles. The van der Waals surface area contributed by atoms with Crippen LogP contribution in [0.1, 0.15) is 38.5 Å². The molecule has 0 spiro atoms. The Morgan fingerprint density at radius 3 is 2.24 bits per heavy atom. The van der Waals surface area contributed by atoms with Crippen molar-refractivity contribution in [2.24, 2.45) is 5.73 Å². The molecule has 152 valence electrons. The average Bonchev–Trinajstić information content (AvgIpc) is 2.49. The summed E-state index contributed by atoms with van der Waals surface area (Å²) >= 11 is 0. The van der Waals surface area contributed by atoms with Gasteiger partial charge < -0.3 is 36.0 Å². The lowest BCUT2D eigenvalue weighted by Gasteiger charge is -2.33. The minimum atomic E-state index is -1.33. The Hall–Kier alpha value is -0.125. The maximum atomic E-state index is 11.5. The number of methoxy groups -OCH3 is 1. The summed E-state index contributed by atoms with van der Waals surface area (Å²) in [5.74, 6) is -0.983. The van der Waals surface area contributed by atoms with Crippen molar-refractivity contribution in [1.82, 2.24) is 4.90 Å². The second kappa shape index (κ2) is 15.0. The summed E-state index contributed by atoms with van der Waals surface area (Å²) in [7, 11) is 0.387. The van der Waals surface area contributed by atoms with Crippen LogP contribution >= 0.6 is 24.8 Å². The minimum Gasteiger partial charge on any atom is -0.480 e. The van der Waals surface area contributed by atoms with Crippen LogP contribution in [0.5, 0.6) is 0 Å². The summed E-state index contributed by atoms with van der Waals surface area (Å²) in [6, 6.07) is 0. The lowest BCUT2D eigenvalue weighted by molar-refractivity contribution is -0.144. The highest BCUT2D eigenvalue weighted by atomic mass is 35.5. The Bertz CT molecular complexity index is 349. The quantitative estimate of drug-likeness (QED) is 0.293. The van der Waals surface area contributed by atoms with Crippen molar-refractivity contribution in [3.8, 4) is 0 Å². The van der Waals surface area contributed by atoms with Crippen LogP contribution in [-0.4, -0.2) is 77.0 Å². The molecular weight excluding hydrogens is 374 g/mol. The molecule has 1 rings (SSSR count). The molecule has 1 fully saturated rings. The normalized spacial score (nSPS) is 17.4. The molecule has 1 atom stereocenters. The molecule has 1 saturated heterocycles. The van der Waals surface area contributed by atoms with Crippen molar-refractivity contribution in [3.05, 3.63) is 0 Å². The summed E-state index contributed by atoms with van der Waals surface area (Å²) in [5.41, 5.74) is 4.81. The Kier molecular flexibility index (Phi) is 17.8. The van der Waals surface area contributed by atoms with E-state index in [9.17, 15) is 9.90 Å². The first-order chi connectivity index (χ1) is 10.4. The number of hydrogen-bond acceptors (Lipinski definition) is 6. The molecule has 25 heavy (non-hydrogen) atoms. The second-order valence-electron chi connectivity index (χ2n) is 6.21. The van der Waals surface area contributed by atoms with E-state index in [-0.39, 0.29) is 36.6 Å². The number of halogens is 2. The molecule has 0 amide bonds. The van der Waals surface area contributed by atoms with Gasteiger partial charge in [-0.15, -0.1) is 24.8 Å². The average molecular weight is 407 g/mol. The predicted octanol–water partition coefficient (Wildman–Crippen LogP) is -0.0686. The number of piperidine rings is 1. The fourth-order valence-electron chi connectivity index (χ4n) is 2.83. The molecule has 1 heterocycles. The SMILES string of the molecule is COC1CCN(CCC(N)(CCCCB(O)O)C(=O)O)CC1.Cl.Cl.O. The molecule has 0 aromatic carbocycles. The standard InChI is InChI=1S/C14H29BN2O5.2ClH.H2O/c1-22-12-4-9-17(10-5-12)11-7-14(16,13(18)19)6-2-3-8-15(20)21;;;/h12,20-21H,2-11,16H2,1H3,(H,18,19);2*1H;1H2. The lowest BCUT2D eigenvalue weighted by atomic mass is 9.81. The third-order valence-electron chi connectivity index (χ3n) is 4.50. The van der Waals surface area contributed by atoms with Crippen molar-refractivity contribution in [3.63, 3.8) is 0 Å². The van der Waals surface area contributed by atoms with Crippen LogP contribution in [0.25, 0.3) is 0 Å². The van der Waals surface area contributed by atoms with Gasteiger partial charge in [0.15, 0.2) is 0 Å². The molecule has 11 heteroatoms. The number of nitrogens with two attached hydrogens (primary N) is 1. The number of carbonyl (C=O) groups is 1. The van der Waals surface area contributed by atoms with Crippen LogP contribution in [0.2, 0.25) is 6.32 Å². The number of carboxylic acids is 1. The van der Waals surface area contributed by atoms with Gasteiger partial charge in [0.1, 0.15) is 5.54 Å².